The molecule has 0 aliphatic carbocycles. The number of rotatable bonds is 6. The maximum Gasteiger partial charge on any atom is 0.336 e. The van der Waals surface area contributed by atoms with Gasteiger partial charge >= 0.3 is 5.97 Å². The van der Waals surface area contributed by atoms with E-state index in [1.54, 1.807) is 24.3 Å². The van der Waals surface area contributed by atoms with Crippen molar-refractivity contribution in [2.75, 3.05) is 41.3 Å². The summed E-state index contributed by atoms with van der Waals surface area (Å²) in [6, 6.07) is 13.3. The highest BCUT2D eigenvalue weighted by atomic mass is 35.5. The van der Waals surface area contributed by atoms with Gasteiger partial charge in [0.2, 0.25) is 5.91 Å². The number of amides is 1. The van der Waals surface area contributed by atoms with Gasteiger partial charge in [0.05, 0.1) is 11.1 Å². The summed E-state index contributed by atoms with van der Waals surface area (Å²) < 4.78 is 0. The number of aryl methyl sites for hydroxylation is 1. The number of anilines is 3. The van der Waals surface area contributed by atoms with Gasteiger partial charge in [0.25, 0.3) is 0 Å². The van der Waals surface area contributed by atoms with Crippen molar-refractivity contribution in [2.45, 2.75) is 33.6 Å². The van der Waals surface area contributed by atoms with Gasteiger partial charge in [-0.2, -0.15) is 0 Å². The van der Waals surface area contributed by atoms with Gasteiger partial charge in [-0.15, -0.1) is 37.2 Å². The van der Waals surface area contributed by atoms with E-state index in [2.05, 4.69) is 47.2 Å². The molecule has 10 heteroatoms. The van der Waals surface area contributed by atoms with Crippen molar-refractivity contribution in [3.8, 4) is 0 Å². The standard InChI is InChI=1S/C26H30N4O3.3ClH/c1-4-6-25(31)27-19-9-10-22-20(15-19)21(26(32)33)16-24(28-22)30-13-11-29(12-14-30)23-8-5-7-17(2)18(23)3;;;/h5,7-10,15-16H,4,6,11-14H2,1-3H3,(H,27,31)(H,32,33);3*1H. The van der Waals surface area contributed by atoms with Crippen LogP contribution in [0.5, 0.6) is 0 Å². The van der Waals surface area contributed by atoms with Crippen molar-refractivity contribution in [1.29, 1.82) is 0 Å². The molecule has 3 aromatic rings. The van der Waals surface area contributed by atoms with E-state index in [1.165, 1.54) is 16.8 Å². The Morgan fingerprint density at radius 2 is 1.64 bits per heavy atom. The molecule has 0 unspecified atom stereocenters. The minimum absolute atomic E-state index is 0. The van der Waals surface area contributed by atoms with Gasteiger partial charge in [0.1, 0.15) is 5.82 Å². The third-order valence-electron chi connectivity index (χ3n) is 6.31. The average molecular weight is 556 g/mol. The maximum atomic E-state index is 12.1. The van der Waals surface area contributed by atoms with Crippen LogP contribution in [0.3, 0.4) is 0 Å². The molecule has 1 saturated heterocycles. The summed E-state index contributed by atoms with van der Waals surface area (Å²) in [5.74, 6) is -0.419. The molecule has 2 aromatic carbocycles. The number of hydrogen-bond donors (Lipinski definition) is 2. The second-order valence-corrected chi connectivity index (χ2v) is 8.56. The Kier molecular flexibility index (Phi) is 11.8. The van der Waals surface area contributed by atoms with Crippen LogP contribution in [0.4, 0.5) is 17.2 Å². The molecule has 4 rings (SSSR count). The van der Waals surface area contributed by atoms with Crippen LogP contribution in [-0.2, 0) is 4.79 Å². The molecule has 1 aliphatic heterocycles. The van der Waals surface area contributed by atoms with Gasteiger partial charge < -0.3 is 20.2 Å². The summed E-state index contributed by atoms with van der Waals surface area (Å²) in [6.07, 6.45) is 1.18. The third kappa shape index (κ3) is 6.72. The normalized spacial score (nSPS) is 12.8. The second-order valence-electron chi connectivity index (χ2n) is 8.56. The topological polar surface area (TPSA) is 85.8 Å². The summed E-state index contributed by atoms with van der Waals surface area (Å²) in [5, 5.41) is 13.2. The van der Waals surface area contributed by atoms with Crippen LogP contribution in [0.25, 0.3) is 10.9 Å². The van der Waals surface area contributed by atoms with Crippen LogP contribution < -0.4 is 15.1 Å². The number of carbonyl (C=O) groups is 2. The summed E-state index contributed by atoms with van der Waals surface area (Å²) in [7, 11) is 0. The zero-order chi connectivity index (χ0) is 23.5. The summed E-state index contributed by atoms with van der Waals surface area (Å²) in [6.45, 7) is 9.42. The molecule has 0 saturated carbocycles. The Labute approximate surface area is 230 Å². The quantitative estimate of drug-likeness (QED) is 0.395. The fraction of sp³-hybridized carbons (Fsp3) is 0.346. The van der Waals surface area contributed by atoms with E-state index in [0.717, 1.165) is 32.6 Å². The van der Waals surface area contributed by atoms with Crippen LogP contribution in [0.15, 0.2) is 42.5 Å². The Morgan fingerprint density at radius 1 is 0.972 bits per heavy atom. The molecule has 2 heterocycles. The smallest absolute Gasteiger partial charge is 0.336 e. The van der Waals surface area contributed by atoms with E-state index in [9.17, 15) is 14.7 Å². The molecule has 7 nitrogen and oxygen atoms in total. The third-order valence-corrected chi connectivity index (χ3v) is 6.31. The highest BCUT2D eigenvalue weighted by Gasteiger charge is 2.22. The number of carboxylic acid groups (broad SMARTS) is 1. The zero-order valence-electron chi connectivity index (χ0n) is 20.6. The second kappa shape index (κ2) is 13.5. The molecule has 0 bridgehead atoms. The van der Waals surface area contributed by atoms with E-state index in [1.807, 2.05) is 6.92 Å². The first kappa shape index (κ1) is 31.3. The van der Waals surface area contributed by atoms with Crippen LogP contribution in [-0.4, -0.2) is 48.1 Å². The van der Waals surface area contributed by atoms with E-state index < -0.39 is 5.97 Å². The van der Waals surface area contributed by atoms with Gasteiger partial charge in [0.15, 0.2) is 0 Å². The molecule has 1 fully saturated rings. The highest BCUT2D eigenvalue weighted by molar-refractivity contribution is 6.05. The molecule has 1 aliphatic rings. The predicted octanol–water partition coefficient (Wildman–Crippen LogP) is 5.88. The maximum absolute atomic E-state index is 12.1. The number of nitrogens with zero attached hydrogens (tertiary/aromatic N) is 3. The van der Waals surface area contributed by atoms with Crippen molar-refractivity contribution in [2.24, 2.45) is 0 Å². The molecule has 196 valence electrons. The summed E-state index contributed by atoms with van der Waals surface area (Å²) >= 11 is 0. The molecular formula is C26H33Cl3N4O3. The summed E-state index contributed by atoms with van der Waals surface area (Å²) in [4.78, 5) is 33.3. The minimum atomic E-state index is -1.00. The van der Waals surface area contributed by atoms with Crippen molar-refractivity contribution < 1.29 is 14.7 Å². The monoisotopic (exact) mass is 554 g/mol. The van der Waals surface area contributed by atoms with E-state index in [4.69, 9.17) is 4.98 Å². The number of carboxylic acids is 1. The molecule has 0 spiro atoms. The molecule has 1 aromatic heterocycles. The van der Waals surface area contributed by atoms with E-state index in [0.29, 0.717) is 28.8 Å². The highest BCUT2D eigenvalue weighted by Crippen LogP contribution is 2.28. The van der Waals surface area contributed by atoms with Crippen molar-refractivity contribution in [1.82, 2.24) is 4.98 Å². The molecular weight excluding hydrogens is 523 g/mol. The first-order valence-corrected chi connectivity index (χ1v) is 11.4. The lowest BCUT2D eigenvalue weighted by molar-refractivity contribution is -0.116. The Morgan fingerprint density at radius 3 is 2.28 bits per heavy atom. The number of nitrogens with one attached hydrogen (secondary N) is 1. The van der Waals surface area contributed by atoms with Gasteiger partial charge in [0, 0.05) is 49.4 Å². The number of aromatic nitrogens is 1. The number of pyridine rings is 1. The van der Waals surface area contributed by atoms with E-state index in [-0.39, 0.29) is 48.7 Å². The Hall–Kier alpha value is -2.74. The van der Waals surface area contributed by atoms with Gasteiger partial charge in [-0.3, -0.25) is 4.79 Å². The Balaban J connectivity index is 0.00000216. The largest absolute Gasteiger partial charge is 0.478 e. The summed E-state index contributed by atoms with van der Waals surface area (Å²) in [5.41, 5.74) is 5.21. The van der Waals surface area contributed by atoms with Gasteiger partial charge in [-0.1, -0.05) is 19.1 Å². The van der Waals surface area contributed by atoms with Crippen molar-refractivity contribution in [3.63, 3.8) is 0 Å². The number of carbonyl (C=O) groups excluding carboxylic acids is 1. The van der Waals surface area contributed by atoms with E-state index >= 15 is 0 Å². The van der Waals surface area contributed by atoms with Gasteiger partial charge in [-0.25, -0.2) is 9.78 Å². The van der Waals surface area contributed by atoms with Crippen LogP contribution in [0.1, 0.15) is 41.3 Å². The fourth-order valence-electron chi connectivity index (χ4n) is 4.33. The van der Waals surface area contributed by atoms with Crippen molar-refractivity contribution in [3.05, 3.63) is 59.2 Å². The molecule has 1 amide bonds. The number of halogens is 3. The number of aromatic carboxylic acids is 1. The van der Waals surface area contributed by atoms with Crippen molar-refractivity contribution >= 4 is 77.2 Å². The van der Waals surface area contributed by atoms with Gasteiger partial charge in [-0.05, 0) is 61.7 Å². The zero-order valence-corrected chi connectivity index (χ0v) is 23.1. The van der Waals surface area contributed by atoms with Crippen LogP contribution in [0.2, 0.25) is 0 Å². The lowest BCUT2D eigenvalue weighted by atomic mass is 10.1. The lowest BCUT2D eigenvalue weighted by Crippen LogP contribution is -2.47. The Bertz CT molecular complexity index is 1210. The minimum Gasteiger partial charge on any atom is -0.478 e. The SMILES string of the molecule is CCCC(=O)Nc1ccc2nc(N3CCN(c4cccc(C)c4C)CC3)cc(C(=O)O)c2c1.Cl.Cl.Cl. The first-order chi connectivity index (χ1) is 15.9. The average Bonchev–Trinajstić information content (AvgIpc) is 2.80. The first-order valence-electron chi connectivity index (χ1n) is 11.4. The molecule has 2 N–H and O–H groups in total. The number of fused-ring (bicyclic) bond motifs is 1. The molecule has 0 atom stereocenters. The number of benzene rings is 2. The fourth-order valence-corrected chi connectivity index (χ4v) is 4.33. The van der Waals surface area contributed by atoms with Crippen LogP contribution >= 0.6 is 37.2 Å². The van der Waals surface area contributed by atoms with Crippen LogP contribution in [0, 0.1) is 13.8 Å². The number of piperazine rings is 1. The number of hydrogen-bond acceptors (Lipinski definition) is 5. The predicted molar refractivity (Wildman–Crippen MR) is 154 cm³/mol. The molecule has 36 heavy (non-hydrogen) atoms. The lowest BCUT2D eigenvalue weighted by Gasteiger charge is -2.37. The molecule has 0 radical (unpaired) electrons.